The van der Waals surface area contributed by atoms with Crippen molar-refractivity contribution in [3.05, 3.63) is 0 Å². The molecule has 1 unspecified atom stereocenters. The van der Waals surface area contributed by atoms with Crippen molar-refractivity contribution in [2.45, 2.75) is 45.1 Å². The second-order valence-electron chi connectivity index (χ2n) is 3.82. The summed E-state index contributed by atoms with van der Waals surface area (Å²) in [5.41, 5.74) is 0.121. The van der Waals surface area contributed by atoms with Crippen LogP contribution in [0.1, 0.15) is 39.0 Å². The third-order valence-electron chi connectivity index (χ3n) is 3.25. The molecule has 1 heterocycles. The lowest BCUT2D eigenvalue weighted by molar-refractivity contribution is -0.155. The van der Waals surface area contributed by atoms with Crippen LogP contribution in [0.15, 0.2) is 0 Å². The number of hydrogen-bond donors (Lipinski definition) is 1. The van der Waals surface area contributed by atoms with Crippen LogP contribution < -0.4 is 5.32 Å². The molecule has 2 rings (SSSR count). The molecular weight excluding hydrogens is 138 g/mol. The first kappa shape index (κ1) is 7.14. The van der Waals surface area contributed by atoms with Gasteiger partial charge < -0.3 is 5.32 Å². The average Bonchev–Trinajstić information content (AvgIpc) is 1.83. The average molecular weight is 153 g/mol. The molecule has 11 heavy (non-hydrogen) atoms. The summed E-state index contributed by atoms with van der Waals surface area (Å²) in [7, 11) is 0. The van der Waals surface area contributed by atoms with Crippen LogP contribution in [0.25, 0.3) is 0 Å². The predicted octanol–water partition coefficient (Wildman–Crippen LogP) is 1.46. The zero-order valence-corrected chi connectivity index (χ0v) is 7.02. The molecule has 1 saturated heterocycles. The van der Waals surface area contributed by atoms with Gasteiger partial charge in [-0.2, -0.15) is 0 Å². The fraction of sp³-hybridized carbons (Fsp3) is 0.889. The van der Waals surface area contributed by atoms with Gasteiger partial charge in [-0.15, -0.1) is 0 Å². The molecule has 1 atom stereocenters. The molecule has 0 aromatic heterocycles. The molecule has 0 aromatic carbocycles. The SMILES string of the molecule is CCCC1NC(=O)C12CCC2. The summed E-state index contributed by atoms with van der Waals surface area (Å²) in [5.74, 6) is 0.321. The normalized spacial score (nSPS) is 32.5. The van der Waals surface area contributed by atoms with Crippen molar-refractivity contribution in [3.8, 4) is 0 Å². The standard InChI is InChI=1S/C9H15NO/c1-2-4-7-9(5-3-6-9)8(11)10-7/h7H,2-6H2,1H3,(H,10,11). The summed E-state index contributed by atoms with van der Waals surface area (Å²) in [6.07, 6.45) is 5.90. The Bertz CT molecular complexity index is 184. The van der Waals surface area contributed by atoms with Crippen LogP contribution in [0.2, 0.25) is 0 Å². The highest BCUT2D eigenvalue weighted by Gasteiger charge is 2.57. The molecule has 1 aliphatic heterocycles. The van der Waals surface area contributed by atoms with E-state index < -0.39 is 0 Å². The van der Waals surface area contributed by atoms with Crippen molar-refractivity contribution in [2.75, 3.05) is 0 Å². The minimum Gasteiger partial charge on any atom is -0.352 e. The lowest BCUT2D eigenvalue weighted by Gasteiger charge is -2.54. The smallest absolute Gasteiger partial charge is 0.228 e. The van der Waals surface area contributed by atoms with E-state index in [1.807, 2.05) is 0 Å². The third kappa shape index (κ3) is 0.754. The number of nitrogens with one attached hydrogen (secondary N) is 1. The van der Waals surface area contributed by atoms with Gasteiger partial charge in [-0.05, 0) is 19.3 Å². The van der Waals surface area contributed by atoms with E-state index in [2.05, 4.69) is 12.2 Å². The largest absolute Gasteiger partial charge is 0.352 e. The summed E-state index contributed by atoms with van der Waals surface area (Å²) in [6.45, 7) is 2.18. The second-order valence-corrected chi connectivity index (χ2v) is 3.82. The molecule has 0 aromatic rings. The summed E-state index contributed by atoms with van der Waals surface area (Å²) < 4.78 is 0. The fourth-order valence-corrected chi connectivity index (χ4v) is 2.29. The predicted molar refractivity (Wildman–Crippen MR) is 43.1 cm³/mol. The third-order valence-corrected chi connectivity index (χ3v) is 3.25. The van der Waals surface area contributed by atoms with Crippen molar-refractivity contribution in [1.29, 1.82) is 0 Å². The molecule has 62 valence electrons. The molecule has 1 amide bonds. The van der Waals surface area contributed by atoms with E-state index in [-0.39, 0.29) is 5.41 Å². The maximum absolute atomic E-state index is 11.2. The topological polar surface area (TPSA) is 29.1 Å². The van der Waals surface area contributed by atoms with E-state index in [0.717, 1.165) is 12.8 Å². The maximum atomic E-state index is 11.2. The Hall–Kier alpha value is -0.530. The van der Waals surface area contributed by atoms with Gasteiger partial charge in [-0.3, -0.25) is 4.79 Å². The number of carbonyl (C=O) groups is 1. The van der Waals surface area contributed by atoms with Crippen LogP contribution in [0.4, 0.5) is 0 Å². The second kappa shape index (κ2) is 2.23. The minimum absolute atomic E-state index is 0.121. The molecule has 2 heteroatoms. The van der Waals surface area contributed by atoms with Crippen LogP contribution in [-0.4, -0.2) is 11.9 Å². The molecule has 0 bridgehead atoms. The Morgan fingerprint density at radius 2 is 2.36 bits per heavy atom. The van der Waals surface area contributed by atoms with Gasteiger partial charge in [0, 0.05) is 6.04 Å². The van der Waals surface area contributed by atoms with Crippen LogP contribution in [0.3, 0.4) is 0 Å². The maximum Gasteiger partial charge on any atom is 0.228 e. The van der Waals surface area contributed by atoms with E-state index in [9.17, 15) is 4.79 Å². The molecule has 1 aliphatic carbocycles. The molecule has 2 nitrogen and oxygen atoms in total. The Labute approximate surface area is 67.4 Å². The summed E-state index contributed by atoms with van der Waals surface area (Å²) in [5, 5.41) is 3.00. The molecular formula is C9H15NO. The molecule has 1 saturated carbocycles. The fourth-order valence-electron chi connectivity index (χ4n) is 2.29. The van der Waals surface area contributed by atoms with E-state index in [4.69, 9.17) is 0 Å². The Balaban J connectivity index is 1.99. The van der Waals surface area contributed by atoms with Crippen LogP contribution in [0.5, 0.6) is 0 Å². The van der Waals surface area contributed by atoms with Gasteiger partial charge >= 0.3 is 0 Å². The summed E-state index contributed by atoms with van der Waals surface area (Å²) in [6, 6.07) is 0.522. The number of hydrogen-bond acceptors (Lipinski definition) is 1. The number of carbonyl (C=O) groups excluding carboxylic acids is 1. The van der Waals surface area contributed by atoms with Gasteiger partial charge in [0.05, 0.1) is 5.41 Å². The van der Waals surface area contributed by atoms with Crippen molar-refractivity contribution in [1.82, 2.24) is 5.32 Å². The first-order valence-corrected chi connectivity index (χ1v) is 4.60. The van der Waals surface area contributed by atoms with Crippen LogP contribution in [0, 0.1) is 5.41 Å². The molecule has 1 N–H and O–H groups in total. The van der Waals surface area contributed by atoms with Gasteiger partial charge in [-0.1, -0.05) is 19.8 Å². The van der Waals surface area contributed by atoms with Crippen molar-refractivity contribution in [3.63, 3.8) is 0 Å². The Morgan fingerprint density at radius 1 is 1.64 bits per heavy atom. The van der Waals surface area contributed by atoms with E-state index in [0.29, 0.717) is 11.9 Å². The monoisotopic (exact) mass is 153 g/mol. The van der Waals surface area contributed by atoms with Gasteiger partial charge in [0.25, 0.3) is 0 Å². The number of amides is 1. The van der Waals surface area contributed by atoms with E-state index in [1.54, 1.807) is 0 Å². The zero-order chi connectivity index (χ0) is 7.90. The first-order chi connectivity index (χ1) is 5.29. The van der Waals surface area contributed by atoms with Gasteiger partial charge in [0.15, 0.2) is 0 Å². The minimum atomic E-state index is 0.121. The van der Waals surface area contributed by atoms with Gasteiger partial charge in [0.2, 0.25) is 5.91 Å². The number of β-lactam (4-membered cyclic amide) rings is 1. The summed E-state index contributed by atoms with van der Waals surface area (Å²) >= 11 is 0. The lowest BCUT2D eigenvalue weighted by Crippen LogP contribution is -2.69. The Kier molecular flexibility index (Phi) is 1.44. The van der Waals surface area contributed by atoms with Crippen molar-refractivity contribution >= 4 is 5.91 Å². The van der Waals surface area contributed by atoms with E-state index in [1.165, 1.54) is 19.3 Å². The van der Waals surface area contributed by atoms with E-state index >= 15 is 0 Å². The van der Waals surface area contributed by atoms with Crippen molar-refractivity contribution < 1.29 is 4.79 Å². The molecule has 0 radical (unpaired) electrons. The highest BCUT2D eigenvalue weighted by Crippen LogP contribution is 2.50. The molecule has 1 spiro atoms. The Morgan fingerprint density at radius 3 is 2.73 bits per heavy atom. The van der Waals surface area contributed by atoms with Gasteiger partial charge in [0.1, 0.15) is 0 Å². The highest BCUT2D eigenvalue weighted by atomic mass is 16.2. The first-order valence-electron chi connectivity index (χ1n) is 4.60. The van der Waals surface area contributed by atoms with Gasteiger partial charge in [-0.25, -0.2) is 0 Å². The molecule has 2 fully saturated rings. The summed E-state index contributed by atoms with van der Waals surface area (Å²) in [4.78, 5) is 11.2. The molecule has 2 aliphatic rings. The highest BCUT2D eigenvalue weighted by molar-refractivity contribution is 5.90. The number of rotatable bonds is 2. The van der Waals surface area contributed by atoms with Crippen LogP contribution >= 0.6 is 0 Å². The van der Waals surface area contributed by atoms with Crippen LogP contribution in [-0.2, 0) is 4.79 Å². The quantitative estimate of drug-likeness (QED) is 0.598. The lowest BCUT2D eigenvalue weighted by atomic mass is 9.58. The van der Waals surface area contributed by atoms with Crippen molar-refractivity contribution in [2.24, 2.45) is 5.41 Å². The zero-order valence-electron chi connectivity index (χ0n) is 7.02.